The first-order valence-electron chi connectivity index (χ1n) is 6.13. The molecule has 0 saturated heterocycles. The molecule has 0 aromatic heterocycles. The smallest absolute Gasteiger partial charge is 0.124 e. The van der Waals surface area contributed by atoms with Crippen molar-refractivity contribution in [2.75, 3.05) is 0 Å². The molecule has 94 valence electrons. The van der Waals surface area contributed by atoms with E-state index >= 15 is 0 Å². The van der Waals surface area contributed by atoms with Crippen LogP contribution >= 0.6 is 11.6 Å². The van der Waals surface area contributed by atoms with E-state index in [1.165, 1.54) is 31.4 Å². The van der Waals surface area contributed by atoms with E-state index < -0.39 is 0 Å². The van der Waals surface area contributed by atoms with Gasteiger partial charge in [0.15, 0.2) is 0 Å². The van der Waals surface area contributed by atoms with Crippen molar-refractivity contribution in [3.05, 3.63) is 34.6 Å². The monoisotopic (exact) mass is 256 g/mol. The zero-order valence-electron chi connectivity index (χ0n) is 9.76. The second kappa shape index (κ2) is 5.80. The van der Waals surface area contributed by atoms with Gasteiger partial charge in [-0.25, -0.2) is 4.39 Å². The summed E-state index contributed by atoms with van der Waals surface area (Å²) in [5.74, 6) is 5.83. The van der Waals surface area contributed by atoms with E-state index in [9.17, 15) is 4.39 Å². The lowest BCUT2D eigenvalue weighted by Crippen LogP contribution is -2.34. The van der Waals surface area contributed by atoms with Gasteiger partial charge in [0.2, 0.25) is 0 Å². The van der Waals surface area contributed by atoms with Crippen LogP contribution in [0.2, 0.25) is 5.02 Å². The van der Waals surface area contributed by atoms with Gasteiger partial charge in [0.05, 0.1) is 6.04 Å². The first-order valence-corrected chi connectivity index (χ1v) is 6.51. The van der Waals surface area contributed by atoms with Crippen molar-refractivity contribution in [1.29, 1.82) is 0 Å². The molecular weight excluding hydrogens is 239 g/mol. The number of hydrazine groups is 1. The van der Waals surface area contributed by atoms with Gasteiger partial charge < -0.3 is 0 Å². The van der Waals surface area contributed by atoms with Gasteiger partial charge in [0, 0.05) is 5.02 Å². The van der Waals surface area contributed by atoms with Crippen LogP contribution < -0.4 is 11.3 Å². The molecule has 1 unspecified atom stereocenters. The van der Waals surface area contributed by atoms with Gasteiger partial charge in [-0.05, 0) is 36.5 Å². The third-order valence-electron chi connectivity index (χ3n) is 3.60. The fourth-order valence-corrected chi connectivity index (χ4v) is 2.99. The first-order chi connectivity index (χ1) is 8.22. The van der Waals surface area contributed by atoms with E-state index in [1.807, 2.05) is 0 Å². The summed E-state index contributed by atoms with van der Waals surface area (Å²) < 4.78 is 13.0. The molecular formula is C13H18ClFN2. The molecule has 0 aliphatic heterocycles. The Balaban J connectivity index is 2.21. The first kappa shape index (κ1) is 12.8. The summed E-state index contributed by atoms with van der Waals surface area (Å²) in [5, 5.41) is 0.457. The molecule has 17 heavy (non-hydrogen) atoms. The minimum Gasteiger partial charge on any atom is -0.271 e. The average Bonchev–Trinajstić information content (AvgIpc) is 2.34. The Morgan fingerprint density at radius 3 is 2.59 bits per heavy atom. The molecule has 1 aliphatic carbocycles. The lowest BCUT2D eigenvalue weighted by atomic mass is 9.81. The summed E-state index contributed by atoms with van der Waals surface area (Å²) in [4.78, 5) is 0. The van der Waals surface area contributed by atoms with Gasteiger partial charge in [0.1, 0.15) is 5.82 Å². The van der Waals surface area contributed by atoms with Crippen LogP contribution in [-0.2, 0) is 0 Å². The number of hydrogen-bond acceptors (Lipinski definition) is 2. The quantitative estimate of drug-likeness (QED) is 0.641. The third-order valence-corrected chi connectivity index (χ3v) is 3.93. The molecule has 0 heterocycles. The Kier molecular flexibility index (Phi) is 4.37. The Morgan fingerprint density at radius 2 is 2.00 bits per heavy atom. The lowest BCUT2D eigenvalue weighted by Gasteiger charge is -2.30. The van der Waals surface area contributed by atoms with Gasteiger partial charge in [-0.2, -0.15) is 0 Å². The molecule has 0 radical (unpaired) electrons. The molecule has 1 aromatic carbocycles. The molecule has 2 rings (SSSR count). The molecule has 1 aromatic rings. The van der Waals surface area contributed by atoms with Gasteiger partial charge in [-0.3, -0.25) is 11.3 Å². The van der Waals surface area contributed by atoms with Crippen molar-refractivity contribution in [2.45, 2.75) is 38.1 Å². The highest BCUT2D eigenvalue weighted by atomic mass is 35.5. The van der Waals surface area contributed by atoms with Crippen LogP contribution in [0.5, 0.6) is 0 Å². The molecule has 1 saturated carbocycles. The highest BCUT2D eigenvalue weighted by Crippen LogP contribution is 2.36. The second-order valence-corrected chi connectivity index (χ2v) is 5.12. The maximum absolute atomic E-state index is 13.0. The molecule has 4 heteroatoms. The van der Waals surface area contributed by atoms with Crippen LogP contribution in [0, 0.1) is 11.7 Å². The van der Waals surface area contributed by atoms with Crippen LogP contribution in [0.15, 0.2) is 18.2 Å². The number of rotatable bonds is 3. The van der Waals surface area contributed by atoms with Crippen LogP contribution in [0.4, 0.5) is 4.39 Å². The highest BCUT2D eigenvalue weighted by molar-refractivity contribution is 6.31. The SMILES string of the molecule is NNC(c1ccc(F)cc1Cl)C1CCCCC1. The summed E-state index contributed by atoms with van der Waals surface area (Å²) >= 11 is 6.09. The minimum atomic E-state index is -0.307. The topological polar surface area (TPSA) is 38.0 Å². The molecule has 1 fully saturated rings. The third kappa shape index (κ3) is 2.97. The number of nitrogens with two attached hydrogens (primary N) is 1. The molecule has 0 amide bonds. The van der Waals surface area contributed by atoms with E-state index in [0.717, 1.165) is 18.4 Å². The summed E-state index contributed by atoms with van der Waals surface area (Å²) in [7, 11) is 0. The number of benzene rings is 1. The molecule has 0 spiro atoms. The molecule has 1 atom stereocenters. The summed E-state index contributed by atoms with van der Waals surface area (Å²) in [6, 6.07) is 4.55. The summed E-state index contributed by atoms with van der Waals surface area (Å²) in [6.45, 7) is 0. The zero-order chi connectivity index (χ0) is 12.3. The van der Waals surface area contributed by atoms with E-state index in [-0.39, 0.29) is 11.9 Å². The maximum atomic E-state index is 13.0. The van der Waals surface area contributed by atoms with Crippen molar-refractivity contribution >= 4 is 11.6 Å². The maximum Gasteiger partial charge on any atom is 0.124 e. The number of hydrogen-bond donors (Lipinski definition) is 2. The van der Waals surface area contributed by atoms with E-state index in [1.54, 1.807) is 6.07 Å². The number of halogens is 2. The van der Waals surface area contributed by atoms with Crippen molar-refractivity contribution < 1.29 is 4.39 Å². The highest BCUT2D eigenvalue weighted by Gasteiger charge is 2.25. The molecule has 1 aliphatic rings. The van der Waals surface area contributed by atoms with Crippen molar-refractivity contribution in [2.24, 2.45) is 11.8 Å². The van der Waals surface area contributed by atoms with Crippen molar-refractivity contribution in [3.63, 3.8) is 0 Å². The second-order valence-electron chi connectivity index (χ2n) is 4.71. The Morgan fingerprint density at radius 1 is 1.29 bits per heavy atom. The van der Waals surface area contributed by atoms with Crippen LogP contribution in [0.1, 0.15) is 43.7 Å². The zero-order valence-corrected chi connectivity index (χ0v) is 10.5. The Hall–Kier alpha value is -0.640. The predicted molar refractivity (Wildman–Crippen MR) is 68.0 cm³/mol. The Bertz CT molecular complexity index is 378. The largest absolute Gasteiger partial charge is 0.271 e. The van der Waals surface area contributed by atoms with E-state index in [4.69, 9.17) is 17.4 Å². The molecule has 3 N–H and O–H groups in total. The Labute approximate surface area is 106 Å². The fourth-order valence-electron chi connectivity index (χ4n) is 2.70. The predicted octanol–water partition coefficient (Wildman–Crippen LogP) is 3.56. The van der Waals surface area contributed by atoms with Gasteiger partial charge in [-0.1, -0.05) is 36.9 Å². The number of nitrogens with one attached hydrogen (secondary N) is 1. The van der Waals surface area contributed by atoms with Gasteiger partial charge in [-0.15, -0.1) is 0 Å². The fraction of sp³-hybridized carbons (Fsp3) is 0.538. The summed E-state index contributed by atoms with van der Waals surface area (Å²) in [6.07, 6.45) is 6.08. The summed E-state index contributed by atoms with van der Waals surface area (Å²) in [5.41, 5.74) is 3.75. The molecule has 2 nitrogen and oxygen atoms in total. The van der Waals surface area contributed by atoms with Gasteiger partial charge in [0.25, 0.3) is 0 Å². The standard InChI is InChI=1S/C13H18ClFN2/c14-12-8-10(15)6-7-11(12)13(17-16)9-4-2-1-3-5-9/h6-9,13,17H,1-5,16H2. The van der Waals surface area contributed by atoms with Crippen molar-refractivity contribution in [1.82, 2.24) is 5.43 Å². The van der Waals surface area contributed by atoms with E-state index in [0.29, 0.717) is 10.9 Å². The minimum absolute atomic E-state index is 0.0309. The van der Waals surface area contributed by atoms with Crippen LogP contribution in [-0.4, -0.2) is 0 Å². The van der Waals surface area contributed by atoms with Crippen LogP contribution in [0.25, 0.3) is 0 Å². The normalized spacial score (nSPS) is 19.2. The van der Waals surface area contributed by atoms with Crippen LogP contribution in [0.3, 0.4) is 0 Å². The van der Waals surface area contributed by atoms with Gasteiger partial charge >= 0.3 is 0 Å². The average molecular weight is 257 g/mol. The lowest BCUT2D eigenvalue weighted by molar-refractivity contribution is 0.273. The molecule has 0 bridgehead atoms. The van der Waals surface area contributed by atoms with E-state index in [2.05, 4.69) is 5.43 Å². The van der Waals surface area contributed by atoms with Crippen molar-refractivity contribution in [3.8, 4) is 0 Å².